The normalized spacial score (nSPS) is 12.5. The second kappa shape index (κ2) is 5.80. The average Bonchev–Trinajstić information content (AvgIpc) is 2.49. The van der Waals surface area contributed by atoms with Crippen LogP contribution in [0.15, 0.2) is 48.7 Å². The summed E-state index contributed by atoms with van der Waals surface area (Å²) in [4.78, 5) is 8.99. The molecule has 0 fully saturated rings. The first-order valence-electron chi connectivity index (χ1n) is 6.86. The average molecular weight is 298 g/mol. The van der Waals surface area contributed by atoms with E-state index in [4.69, 9.17) is 17.3 Å². The van der Waals surface area contributed by atoms with Gasteiger partial charge in [0.2, 0.25) is 0 Å². The predicted molar refractivity (Wildman–Crippen MR) is 86.4 cm³/mol. The van der Waals surface area contributed by atoms with Crippen LogP contribution in [0.3, 0.4) is 0 Å². The molecule has 1 unspecified atom stereocenters. The Labute approximate surface area is 128 Å². The predicted octanol–water partition coefficient (Wildman–Crippen LogP) is 3.83. The van der Waals surface area contributed by atoms with Crippen molar-refractivity contribution in [3.8, 4) is 0 Å². The van der Waals surface area contributed by atoms with Gasteiger partial charge in [0, 0.05) is 5.02 Å². The number of para-hydroxylation sites is 2. The Hall–Kier alpha value is -1.97. The van der Waals surface area contributed by atoms with Crippen molar-refractivity contribution in [2.75, 3.05) is 0 Å². The van der Waals surface area contributed by atoms with E-state index in [1.165, 1.54) is 0 Å². The highest BCUT2D eigenvalue weighted by molar-refractivity contribution is 6.31. The van der Waals surface area contributed by atoms with Crippen LogP contribution in [0.2, 0.25) is 5.02 Å². The lowest BCUT2D eigenvalue weighted by molar-refractivity contribution is 0.696. The van der Waals surface area contributed by atoms with E-state index in [1.807, 2.05) is 49.4 Å². The minimum Gasteiger partial charge on any atom is -0.322 e. The lowest BCUT2D eigenvalue weighted by Gasteiger charge is -2.13. The van der Waals surface area contributed by atoms with E-state index in [0.717, 1.165) is 32.9 Å². The molecule has 0 saturated carbocycles. The summed E-state index contributed by atoms with van der Waals surface area (Å²) < 4.78 is 0. The zero-order valence-corrected chi connectivity index (χ0v) is 12.5. The number of rotatable bonds is 3. The van der Waals surface area contributed by atoms with Crippen molar-refractivity contribution in [2.45, 2.75) is 19.4 Å². The Morgan fingerprint density at radius 2 is 1.90 bits per heavy atom. The number of nitrogens with zero attached hydrogens (tertiary/aromatic N) is 2. The second-order valence-electron chi connectivity index (χ2n) is 5.19. The SMILES string of the molecule is Cc1ccc(CC(N)c2cnc3ccccc3n2)c(Cl)c1. The molecular weight excluding hydrogens is 282 g/mol. The maximum atomic E-state index is 6.26. The second-order valence-corrected chi connectivity index (χ2v) is 5.60. The highest BCUT2D eigenvalue weighted by Crippen LogP contribution is 2.23. The van der Waals surface area contributed by atoms with Crippen molar-refractivity contribution in [1.82, 2.24) is 9.97 Å². The van der Waals surface area contributed by atoms with Crippen LogP contribution in [0.5, 0.6) is 0 Å². The van der Waals surface area contributed by atoms with E-state index in [0.29, 0.717) is 6.42 Å². The molecule has 2 N–H and O–H groups in total. The van der Waals surface area contributed by atoms with Crippen molar-refractivity contribution in [1.29, 1.82) is 0 Å². The van der Waals surface area contributed by atoms with E-state index in [-0.39, 0.29) is 6.04 Å². The Morgan fingerprint density at radius 3 is 2.67 bits per heavy atom. The summed E-state index contributed by atoms with van der Waals surface area (Å²) in [6.45, 7) is 2.02. The van der Waals surface area contributed by atoms with Gasteiger partial charge in [-0.3, -0.25) is 4.98 Å². The summed E-state index contributed by atoms with van der Waals surface area (Å²) in [5, 5.41) is 0.749. The topological polar surface area (TPSA) is 51.8 Å². The van der Waals surface area contributed by atoms with Gasteiger partial charge in [0.05, 0.1) is 29.0 Å². The molecule has 1 heterocycles. The first kappa shape index (κ1) is 14.0. The summed E-state index contributed by atoms with van der Waals surface area (Å²) in [5.41, 5.74) is 11.0. The fourth-order valence-corrected chi connectivity index (χ4v) is 2.62. The van der Waals surface area contributed by atoms with Gasteiger partial charge < -0.3 is 5.73 Å². The van der Waals surface area contributed by atoms with Gasteiger partial charge in [0.15, 0.2) is 0 Å². The van der Waals surface area contributed by atoms with E-state index in [2.05, 4.69) is 9.97 Å². The van der Waals surface area contributed by atoms with E-state index in [1.54, 1.807) is 6.20 Å². The van der Waals surface area contributed by atoms with E-state index < -0.39 is 0 Å². The highest BCUT2D eigenvalue weighted by atomic mass is 35.5. The molecule has 0 aliphatic rings. The van der Waals surface area contributed by atoms with Crippen LogP contribution in [-0.4, -0.2) is 9.97 Å². The Balaban J connectivity index is 1.87. The zero-order valence-electron chi connectivity index (χ0n) is 11.8. The fraction of sp³-hybridized carbons (Fsp3) is 0.176. The maximum absolute atomic E-state index is 6.26. The third-order valence-corrected chi connectivity index (χ3v) is 3.85. The van der Waals surface area contributed by atoms with E-state index in [9.17, 15) is 0 Å². The molecule has 0 spiro atoms. The quantitative estimate of drug-likeness (QED) is 0.799. The van der Waals surface area contributed by atoms with Gasteiger partial charge in [0.1, 0.15) is 0 Å². The van der Waals surface area contributed by atoms with Crippen LogP contribution in [0.25, 0.3) is 11.0 Å². The van der Waals surface area contributed by atoms with Crippen molar-refractivity contribution in [2.24, 2.45) is 5.73 Å². The number of aromatic nitrogens is 2. The van der Waals surface area contributed by atoms with Crippen molar-refractivity contribution in [3.05, 3.63) is 70.5 Å². The van der Waals surface area contributed by atoms with Crippen LogP contribution in [0.1, 0.15) is 22.9 Å². The molecule has 0 aliphatic carbocycles. The number of hydrogen-bond acceptors (Lipinski definition) is 3. The van der Waals surface area contributed by atoms with Gasteiger partial charge in [-0.25, -0.2) is 4.98 Å². The number of benzene rings is 2. The molecule has 1 atom stereocenters. The molecule has 0 saturated heterocycles. The molecule has 3 aromatic rings. The van der Waals surface area contributed by atoms with Crippen molar-refractivity contribution < 1.29 is 0 Å². The molecule has 1 aromatic heterocycles. The molecule has 0 radical (unpaired) electrons. The Morgan fingerprint density at radius 1 is 1.14 bits per heavy atom. The van der Waals surface area contributed by atoms with Gasteiger partial charge in [-0.2, -0.15) is 0 Å². The van der Waals surface area contributed by atoms with Gasteiger partial charge in [-0.1, -0.05) is 35.9 Å². The number of halogens is 1. The summed E-state index contributed by atoms with van der Waals surface area (Å²) in [5.74, 6) is 0. The molecule has 3 rings (SSSR count). The third kappa shape index (κ3) is 3.04. The first-order valence-corrected chi connectivity index (χ1v) is 7.23. The molecule has 3 nitrogen and oxygen atoms in total. The van der Waals surface area contributed by atoms with Gasteiger partial charge >= 0.3 is 0 Å². The lowest BCUT2D eigenvalue weighted by Crippen LogP contribution is -2.15. The smallest absolute Gasteiger partial charge is 0.0890 e. The first-order chi connectivity index (χ1) is 10.1. The largest absolute Gasteiger partial charge is 0.322 e. The minimum absolute atomic E-state index is 0.220. The van der Waals surface area contributed by atoms with Crippen molar-refractivity contribution in [3.63, 3.8) is 0 Å². The summed E-state index contributed by atoms with van der Waals surface area (Å²) in [7, 11) is 0. The van der Waals surface area contributed by atoms with Crippen LogP contribution in [0.4, 0.5) is 0 Å². The number of aryl methyl sites for hydroxylation is 1. The lowest BCUT2D eigenvalue weighted by atomic mass is 10.0. The molecular formula is C17H16ClN3. The maximum Gasteiger partial charge on any atom is 0.0890 e. The molecule has 4 heteroatoms. The number of fused-ring (bicyclic) bond motifs is 1. The standard InChI is InChI=1S/C17H16ClN3/c1-11-6-7-12(13(18)8-11)9-14(19)17-10-20-15-4-2-3-5-16(15)21-17/h2-8,10,14H,9,19H2,1H3. The summed E-state index contributed by atoms with van der Waals surface area (Å²) in [6, 6.07) is 13.6. The van der Waals surface area contributed by atoms with Crippen LogP contribution >= 0.6 is 11.6 Å². The van der Waals surface area contributed by atoms with Gasteiger partial charge in [0.25, 0.3) is 0 Å². The highest BCUT2D eigenvalue weighted by Gasteiger charge is 2.12. The van der Waals surface area contributed by atoms with Crippen LogP contribution in [0, 0.1) is 6.92 Å². The molecule has 0 aliphatic heterocycles. The molecule has 106 valence electrons. The van der Waals surface area contributed by atoms with Crippen molar-refractivity contribution >= 4 is 22.6 Å². The fourth-order valence-electron chi connectivity index (χ4n) is 2.31. The van der Waals surface area contributed by atoms with Gasteiger partial charge in [-0.05, 0) is 42.7 Å². The van der Waals surface area contributed by atoms with E-state index >= 15 is 0 Å². The third-order valence-electron chi connectivity index (χ3n) is 3.50. The zero-order chi connectivity index (χ0) is 14.8. The minimum atomic E-state index is -0.220. The van der Waals surface area contributed by atoms with Gasteiger partial charge in [-0.15, -0.1) is 0 Å². The molecule has 0 amide bonds. The Kier molecular flexibility index (Phi) is 3.86. The number of nitrogens with two attached hydrogens (primary N) is 1. The summed E-state index contributed by atoms with van der Waals surface area (Å²) >= 11 is 6.26. The Bertz CT molecular complexity index is 786. The molecule has 21 heavy (non-hydrogen) atoms. The summed E-state index contributed by atoms with van der Waals surface area (Å²) in [6.07, 6.45) is 2.39. The van der Waals surface area contributed by atoms with Crippen LogP contribution < -0.4 is 5.73 Å². The van der Waals surface area contributed by atoms with Crippen LogP contribution in [-0.2, 0) is 6.42 Å². The molecule has 2 aromatic carbocycles. The molecule has 0 bridgehead atoms. The monoisotopic (exact) mass is 297 g/mol. The number of hydrogen-bond donors (Lipinski definition) is 1.